The Kier molecular flexibility index (Phi) is 5.08. The standard InChI is InChI=1S/C16H20N2O5S2/c1-2-13-15(19)17-12-9-11(3-4-14(12)24-13)25(22,23)18-7-5-10(6-8-18)16(20)21/h3-4,9-10,13H,2,5-8H2,1H3,(H,17,19)(H,20,21). The lowest BCUT2D eigenvalue weighted by molar-refractivity contribution is -0.142. The SMILES string of the molecule is CCC1Sc2ccc(S(=O)(=O)N3CCC(C(=O)O)CC3)cc2NC1=O. The number of anilines is 1. The van der Waals surface area contributed by atoms with Crippen LogP contribution in [0.4, 0.5) is 5.69 Å². The Hall–Kier alpha value is -1.58. The Balaban J connectivity index is 1.81. The van der Waals surface area contributed by atoms with E-state index >= 15 is 0 Å². The van der Waals surface area contributed by atoms with Gasteiger partial charge in [-0.25, -0.2) is 8.42 Å². The number of aliphatic carboxylic acids is 1. The van der Waals surface area contributed by atoms with E-state index in [4.69, 9.17) is 5.11 Å². The number of hydrogen-bond donors (Lipinski definition) is 2. The summed E-state index contributed by atoms with van der Waals surface area (Å²) in [6.07, 6.45) is 1.32. The van der Waals surface area contributed by atoms with Crippen molar-refractivity contribution in [1.82, 2.24) is 4.31 Å². The van der Waals surface area contributed by atoms with Gasteiger partial charge >= 0.3 is 5.97 Å². The number of amides is 1. The highest BCUT2D eigenvalue weighted by atomic mass is 32.2. The molecule has 0 radical (unpaired) electrons. The fourth-order valence-electron chi connectivity index (χ4n) is 3.05. The molecule has 2 aliphatic rings. The van der Waals surface area contributed by atoms with Crippen LogP contribution in [-0.4, -0.2) is 48.0 Å². The van der Waals surface area contributed by atoms with Gasteiger partial charge in [-0.15, -0.1) is 11.8 Å². The Morgan fingerprint density at radius 3 is 2.64 bits per heavy atom. The molecule has 1 saturated heterocycles. The number of fused-ring (bicyclic) bond motifs is 1. The summed E-state index contributed by atoms with van der Waals surface area (Å²) < 4.78 is 26.9. The van der Waals surface area contributed by atoms with Gasteiger partial charge in [0.2, 0.25) is 15.9 Å². The molecule has 2 aliphatic heterocycles. The zero-order chi connectivity index (χ0) is 18.2. The van der Waals surface area contributed by atoms with Crippen molar-refractivity contribution in [2.24, 2.45) is 5.92 Å². The second kappa shape index (κ2) is 6.97. The van der Waals surface area contributed by atoms with Crippen LogP contribution in [0.1, 0.15) is 26.2 Å². The third-order valence-corrected chi connectivity index (χ3v) is 7.92. The highest BCUT2D eigenvalue weighted by molar-refractivity contribution is 8.01. The van der Waals surface area contributed by atoms with Crippen LogP contribution in [0.25, 0.3) is 0 Å². The van der Waals surface area contributed by atoms with Crippen LogP contribution in [0.2, 0.25) is 0 Å². The number of carboxylic acids is 1. The topological polar surface area (TPSA) is 104 Å². The van der Waals surface area contributed by atoms with Crippen LogP contribution in [0.3, 0.4) is 0 Å². The minimum atomic E-state index is -3.70. The number of nitrogens with zero attached hydrogens (tertiary/aromatic N) is 1. The molecule has 3 rings (SSSR count). The number of rotatable bonds is 4. The first-order chi connectivity index (χ1) is 11.8. The molecule has 1 atom stereocenters. The molecule has 2 heterocycles. The summed E-state index contributed by atoms with van der Waals surface area (Å²) in [7, 11) is -3.70. The number of nitrogens with one attached hydrogen (secondary N) is 1. The third kappa shape index (κ3) is 3.54. The lowest BCUT2D eigenvalue weighted by Gasteiger charge is -2.30. The molecule has 0 saturated carbocycles. The summed E-state index contributed by atoms with van der Waals surface area (Å²) in [6, 6.07) is 4.76. The van der Waals surface area contributed by atoms with Gasteiger partial charge < -0.3 is 10.4 Å². The first-order valence-corrected chi connectivity index (χ1v) is 10.5. The highest BCUT2D eigenvalue weighted by Crippen LogP contribution is 2.38. The molecule has 0 spiro atoms. The van der Waals surface area contributed by atoms with Crippen molar-refractivity contribution in [1.29, 1.82) is 0 Å². The zero-order valence-corrected chi connectivity index (χ0v) is 15.4. The average Bonchev–Trinajstić information content (AvgIpc) is 2.60. The average molecular weight is 384 g/mol. The quantitative estimate of drug-likeness (QED) is 0.823. The van der Waals surface area contributed by atoms with Crippen LogP contribution >= 0.6 is 11.8 Å². The summed E-state index contributed by atoms with van der Waals surface area (Å²) in [5.74, 6) is -1.48. The van der Waals surface area contributed by atoms with E-state index in [1.807, 2.05) is 6.92 Å². The molecule has 9 heteroatoms. The van der Waals surface area contributed by atoms with Crippen molar-refractivity contribution in [2.75, 3.05) is 18.4 Å². The van der Waals surface area contributed by atoms with E-state index in [0.29, 0.717) is 24.9 Å². The monoisotopic (exact) mass is 384 g/mol. The van der Waals surface area contributed by atoms with Crippen molar-refractivity contribution < 1.29 is 23.1 Å². The molecule has 7 nitrogen and oxygen atoms in total. The number of piperidine rings is 1. The van der Waals surface area contributed by atoms with Gasteiger partial charge in [-0.2, -0.15) is 4.31 Å². The van der Waals surface area contributed by atoms with Gasteiger partial charge in [0.05, 0.1) is 21.8 Å². The summed E-state index contributed by atoms with van der Waals surface area (Å²) in [6.45, 7) is 2.31. The molecule has 136 valence electrons. The number of thioether (sulfide) groups is 1. The Morgan fingerprint density at radius 1 is 1.36 bits per heavy atom. The number of benzene rings is 1. The largest absolute Gasteiger partial charge is 0.481 e. The lowest BCUT2D eigenvalue weighted by Crippen LogP contribution is -2.40. The minimum absolute atomic E-state index is 0.114. The highest BCUT2D eigenvalue weighted by Gasteiger charge is 2.33. The van der Waals surface area contributed by atoms with Crippen molar-refractivity contribution in [3.8, 4) is 0 Å². The van der Waals surface area contributed by atoms with Gasteiger partial charge in [-0.05, 0) is 37.5 Å². The number of carbonyl (C=O) groups is 2. The first-order valence-electron chi connectivity index (χ1n) is 8.17. The molecule has 25 heavy (non-hydrogen) atoms. The van der Waals surface area contributed by atoms with E-state index in [0.717, 1.165) is 4.90 Å². The molecule has 2 N–H and O–H groups in total. The van der Waals surface area contributed by atoms with Crippen molar-refractivity contribution in [3.05, 3.63) is 18.2 Å². The Morgan fingerprint density at radius 2 is 2.04 bits per heavy atom. The van der Waals surface area contributed by atoms with E-state index in [1.54, 1.807) is 12.1 Å². The molecular formula is C16H20N2O5S2. The molecule has 1 aromatic carbocycles. The lowest BCUT2D eigenvalue weighted by atomic mass is 9.99. The predicted octanol–water partition coefficient (Wildman–Crippen LogP) is 1.99. The smallest absolute Gasteiger partial charge is 0.306 e. The molecule has 0 aromatic heterocycles. The van der Waals surface area contributed by atoms with E-state index in [1.165, 1.54) is 22.1 Å². The molecule has 1 fully saturated rings. The summed E-state index contributed by atoms with van der Waals surface area (Å²) >= 11 is 1.44. The number of carbonyl (C=O) groups excluding carboxylic acids is 1. The van der Waals surface area contributed by atoms with Crippen LogP contribution in [0.5, 0.6) is 0 Å². The number of carboxylic acid groups (broad SMARTS) is 1. The molecule has 1 unspecified atom stereocenters. The summed E-state index contributed by atoms with van der Waals surface area (Å²) in [5, 5.41) is 11.6. The maximum absolute atomic E-state index is 12.8. The van der Waals surface area contributed by atoms with Crippen molar-refractivity contribution in [3.63, 3.8) is 0 Å². The van der Waals surface area contributed by atoms with Crippen LogP contribution < -0.4 is 5.32 Å². The van der Waals surface area contributed by atoms with Gasteiger partial charge in [-0.3, -0.25) is 9.59 Å². The second-order valence-corrected chi connectivity index (χ2v) is 9.36. The molecule has 1 amide bonds. The third-order valence-electron chi connectivity index (χ3n) is 4.58. The van der Waals surface area contributed by atoms with Gasteiger partial charge in [0.15, 0.2) is 0 Å². The summed E-state index contributed by atoms with van der Waals surface area (Å²) in [4.78, 5) is 24.0. The summed E-state index contributed by atoms with van der Waals surface area (Å²) in [5.41, 5.74) is 0.515. The first kappa shape index (κ1) is 18.2. The van der Waals surface area contributed by atoms with Gasteiger partial charge in [0.25, 0.3) is 0 Å². The van der Waals surface area contributed by atoms with E-state index in [2.05, 4.69) is 5.32 Å². The zero-order valence-electron chi connectivity index (χ0n) is 13.8. The second-order valence-electron chi connectivity index (χ2n) is 6.18. The Labute approximate surface area is 150 Å². The number of sulfonamides is 1. The predicted molar refractivity (Wildman–Crippen MR) is 94.1 cm³/mol. The van der Waals surface area contributed by atoms with Crippen LogP contribution in [0.15, 0.2) is 28.0 Å². The van der Waals surface area contributed by atoms with Gasteiger partial charge in [-0.1, -0.05) is 6.92 Å². The van der Waals surface area contributed by atoms with E-state index in [9.17, 15) is 18.0 Å². The van der Waals surface area contributed by atoms with Crippen molar-refractivity contribution >= 4 is 39.3 Å². The molecular weight excluding hydrogens is 364 g/mol. The van der Waals surface area contributed by atoms with E-state index in [-0.39, 0.29) is 29.1 Å². The maximum Gasteiger partial charge on any atom is 0.306 e. The van der Waals surface area contributed by atoms with Crippen molar-refractivity contribution in [2.45, 2.75) is 41.2 Å². The number of hydrogen-bond acceptors (Lipinski definition) is 5. The molecule has 0 bridgehead atoms. The molecule has 0 aliphatic carbocycles. The van der Waals surface area contributed by atoms with Gasteiger partial charge in [0, 0.05) is 18.0 Å². The fraction of sp³-hybridized carbons (Fsp3) is 0.500. The van der Waals surface area contributed by atoms with Crippen LogP contribution in [0, 0.1) is 5.92 Å². The Bertz CT molecular complexity index is 801. The van der Waals surface area contributed by atoms with Gasteiger partial charge in [0.1, 0.15) is 0 Å². The molecule has 1 aromatic rings. The fourth-order valence-corrected chi connectivity index (χ4v) is 5.57. The van der Waals surface area contributed by atoms with Crippen LogP contribution in [-0.2, 0) is 19.6 Å². The normalized spacial score (nSPS) is 22.3. The maximum atomic E-state index is 12.8. The minimum Gasteiger partial charge on any atom is -0.481 e. The van der Waals surface area contributed by atoms with E-state index < -0.39 is 21.9 Å².